The van der Waals surface area contributed by atoms with E-state index in [2.05, 4.69) is 20.1 Å². The van der Waals surface area contributed by atoms with Gasteiger partial charge in [-0.15, -0.1) is 0 Å². The highest BCUT2D eigenvalue weighted by molar-refractivity contribution is 6.35. The molecule has 5 heterocycles. The second-order valence-corrected chi connectivity index (χ2v) is 12.5. The number of H-pyrrole nitrogens is 1. The van der Waals surface area contributed by atoms with Gasteiger partial charge in [-0.2, -0.15) is 0 Å². The van der Waals surface area contributed by atoms with Crippen molar-refractivity contribution in [2.24, 2.45) is 5.92 Å². The molecule has 3 fully saturated rings. The van der Waals surface area contributed by atoms with Crippen molar-refractivity contribution in [3.8, 4) is 11.6 Å². The smallest absolute Gasteiger partial charge is 0.414 e. The molecule has 8 nitrogen and oxygen atoms in total. The predicted octanol–water partition coefficient (Wildman–Crippen LogP) is 6.96. The molecule has 2 atom stereocenters. The minimum absolute atomic E-state index is 0.131. The number of amides is 1. The summed E-state index contributed by atoms with van der Waals surface area (Å²) in [5, 5.41) is 5.42. The summed E-state index contributed by atoms with van der Waals surface area (Å²) in [6, 6.07) is 14.1. The molecule has 0 radical (unpaired) electrons. The van der Waals surface area contributed by atoms with Crippen LogP contribution in [0.3, 0.4) is 0 Å². The fourth-order valence-electron chi connectivity index (χ4n) is 7.33. The number of carbonyl (C=O) groups is 1. The normalized spacial score (nSPS) is 22.3. The molecule has 7 rings (SSSR count). The maximum atomic E-state index is 12.8. The number of hydrogen-bond donors (Lipinski definition) is 2. The quantitative estimate of drug-likeness (QED) is 0.242. The van der Waals surface area contributed by atoms with Gasteiger partial charge in [-0.05, 0) is 81.8 Å². The lowest BCUT2D eigenvalue weighted by atomic mass is 9.83. The largest absolute Gasteiger partial charge is 0.488 e. The number of halogens is 1. The van der Waals surface area contributed by atoms with Crippen LogP contribution in [0, 0.1) is 5.92 Å². The highest BCUT2D eigenvalue weighted by Gasteiger charge is 2.34. The van der Waals surface area contributed by atoms with Crippen molar-refractivity contribution in [2.45, 2.75) is 63.6 Å². The van der Waals surface area contributed by atoms with Crippen molar-refractivity contribution in [2.75, 3.05) is 32.7 Å². The number of piperidine rings is 3. The Labute approximate surface area is 251 Å². The van der Waals surface area contributed by atoms with Gasteiger partial charge < -0.3 is 34.0 Å². The van der Waals surface area contributed by atoms with Gasteiger partial charge in [0, 0.05) is 54.1 Å². The fraction of sp³-hybridized carbons (Fsp3) is 0.485. The lowest BCUT2D eigenvalue weighted by molar-refractivity contribution is 0.0353. The first-order valence-corrected chi connectivity index (χ1v) is 15.8. The van der Waals surface area contributed by atoms with Crippen LogP contribution in [0.25, 0.3) is 21.9 Å². The van der Waals surface area contributed by atoms with E-state index in [1.807, 2.05) is 42.5 Å². The van der Waals surface area contributed by atoms with Crippen LogP contribution in [0.5, 0.6) is 11.6 Å². The molecule has 0 aliphatic carbocycles. The number of ether oxygens (including phenoxy) is 2. The van der Waals surface area contributed by atoms with Gasteiger partial charge in [0.1, 0.15) is 17.9 Å². The number of nitrogens with one attached hydrogen (secondary N) is 2. The maximum Gasteiger partial charge on any atom is 0.414 e. The third kappa shape index (κ3) is 5.85. The molecule has 2 aromatic carbocycles. The Morgan fingerprint density at radius 2 is 1.88 bits per heavy atom. The number of hydrogen-bond acceptors (Lipinski definition) is 6. The van der Waals surface area contributed by atoms with Gasteiger partial charge in [-0.3, -0.25) is 0 Å². The van der Waals surface area contributed by atoms with E-state index in [1.165, 1.54) is 51.7 Å². The summed E-state index contributed by atoms with van der Waals surface area (Å²) in [4.78, 5) is 21.4. The number of benzene rings is 2. The molecule has 3 aliphatic heterocycles. The van der Waals surface area contributed by atoms with Gasteiger partial charge in [0.2, 0.25) is 5.88 Å². The van der Waals surface area contributed by atoms with Crippen LogP contribution in [0.2, 0.25) is 5.02 Å². The fourth-order valence-corrected chi connectivity index (χ4v) is 7.62. The van der Waals surface area contributed by atoms with Crippen molar-refractivity contribution in [3.05, 3.63) is 59.3 Å². The van der Waals surface area contributed by atoms with Crippen molar-refractivity contribution in [3.63, 3.8) is 0 Å². The summed E-state index contributed by atoms with van der Waals surface area (Å²) < 4.78 is 17.5. The Balaban J connectivity index is 0.918. The van der Waals surface area contributed by atoms with Crippen LogP contribution >= 0.6 is 11.6 Å². The van der Waals surface area contributed by atoms with Gasteiger partial charge in [0.05, 0.1) is 16.8 Å². The van der Waals surface area contributed by atoms with Crippen LogP contribution in [0.15, 0.2) is 53.1 Å². The van der Waals surface area contributed by atoms with Crippen LogP contribution < -0.4 is 14.8 Å². The molecule has 42 heavy (non-hydrogen) atoms. The lowest BCUT2D eigenvalue weighted by Crippen LogP contribution is -2.52. The van der Waals surface area contributed by atoms with E-state index in [-0.39, 0.29) is 6.04 Å². The molecule has 4 aromatic rings. The number of likely N-dealkylation sites (tertiary alicyclic amines) is 1. The second kappa shape index (κ2) is 12.2. The van der Waals surface area contributed by atoms with Gasteiger partial charge in [0.25, 0.3) is 0 Å². The molecule has 0 bridgehead atoms. The summed E-state index contributed by atoms with van der Waals surface area (Å²) >= 11 is 6.39. The van der Waals surface area contributed by atoms with E-state index in [0.29, 0.717) is 23.3 Å². The maximum absolute atomic E-state index is 12.8. The number of carbonyl (C=O) groups excluding carboxylic acids is 1. The average Bonchev–Trinajstić information content (AvgIpc) is 3.62. The molecule has 2 aromatic heterocycles. The monoisotopic (exact) mass is 590 g/mol. The Morgan fingerprint density at radius 3 is 2.79 bits per heavy atom. The number of aromatic nitrogens is 1. The summed E-state index contributed by atoms with van der Waals surface area (Å²) in [5.41, 5.74) is 2.44. The predicted molar refractivity (Wildman–Crippen MR) is 164 cm³/mol. The zero-order valence-electron chi connectivity index (χ0n) is 23.9. The third-order valence-corrected chi connectivity index (χ3v) is 9.76. The van der Waals surface area contributed by atoms with Crippen LogP contribution in [-0.2, 0) is 6.61 Å². The topological polar surface area (TPSA) is 83.0 Å². The zero-order chi connectivity index (χ0) is 28.5. The van der Waals surface area contributed by atoms with E-state index in [4.69, 9.17) is 25.5 Å². The van der Waals surface area contributed by atoms with Gasteiger partial charge in [-0.25, -0.2) is 4.79 Å². The number of aromatic amines is 1. The van der Waals surface area contributed by atoms with E-state index >= 15 is 0 Å². The molecule has 0 saturated carbocycles. The Kier molecular flexibility index (Phi) is 8.02. The highest BCUT2D eigenvalue weighted by Crippen LogP contribution is 2.34. The molecular weight excluding hydrogens is 552 g/mol. The van der Waals surface area contributed by atoms with Gasteiger partial charge in [0.15, 0.2) is 0 Å². The SMILES string of the molecule is O=C(NC1CCN(C[C@@H]2CCCN3CCCC[C@H]23)CC1)Oc1cc2c(OCc3coc4cccc(Cl)c34)cccc2[nH]1. The van der Waals surface area contributed by atoms with Crippen LogP contribution in [-0.4, -0.2) is 65.7 Å². The van der Waals surface area contributed by atoms with Crippen molar-refractivity contribution in [1.82, 2.24) is 20.1 Å². The number of fused-ring (bicyclic) bond motifs is 3. The number of rotatable bonds is 7. The van der Waals surface area contributed by atoms with Crippen molar-refractivity contribution < 1.29 is 18.7 Å². The second-order valence-electron chi connectivity index (χ2n) is 12.1. The van der Waals surface area contributed by atoms with E-state index in [9.17, 15) is 4.79 Å². The van der Waals surface area contributed by atoms with Crippen molar-refractivity contribution in [1.29, 1.82) is 0 Å². The Morgan fingerprint density at radius 1 is 1.02 bits per heavy atom. The molecule has 1 amide bonds. The summed E-state index contributed by atoms with van der Waals surface area (Å²) in [6.07, 6.45) is 9.97. The van der Waals surface area contributed by atoms with E-state index in [0.717, 1.165) is 65.3 Å². The molecule has 2 N–H and O–H groups in total. The molecule has 3 saturated heterocycles. The first-order valence-electron chi connectivity index (χ1n) is 15.4. The average molecular weight is 591 g/mol. The highest BCUT2D eigenvalue weighted by atomic mass is 35.5. The Bertz CT molecular complexity index is 1540. The number of furan rings is 1. The molecule has 3 aliphatic rings. The van der Waals surface area contributed by atoms with Gasteiger partial charge >= 0.3 is 6.09 Å². The van der Waals surface area contributed by atoms with E-state index < -0.39 is 6.09 Å². The molecule has 0 unspecified atom stereocenters. The van der Waals surface area contributed by atoms with E-state index in [1.54, 1.807) is 6.26 Å². The zero-order valence-corrected chi connectivity index (χ0v) is 24.7. The Hall–Kier alpha value is -3.20. The van der Waals surface area contributed by atoms with Crippen molar-refractivity contribution >= 4 is 39.6 Å². The molecule has 222 valence electrons. The standard InChI is InChI=1S/C33H39ClN4O4/c34-26-7-3-11-30-32(26)23(21-41-30)20-40-29-10-4-8-27-25(29)18-31(36-27)42-33(39)35-24-12-16-37(17-13-24)19-22-6-5-15-38-14-2-1-9-28(22)38/h3-4,7-8,10-11,18,21-22,24,28,36H,1-2,5-6,9,12-17,19-20H2,(H,35,39)/t22-,28+/m0/s1. The van der Waals surface area contributed by atoms with Gasteiger partial charge in [-0.1, -0.05) is 30.2 Å². The first-order chi connectivity index (χ1) is 20.6. The van der Waals surface area contributed by atoms with Crippen LogP contribution in [0.1, 0.15) is 50.5 Å². The molecule has 9 heteroatoms. The summed E-state index contributed by atoms with van der Waals surface area (Å²) in [5.74, 6) is 1.87. The summed E-state index contributed by atoms with van der Waals surface area (Å²) in [6.45, 7) is 6.13. The minimum atomic E-state index is -0.424. The first kappa shape index (κ1) is 27.6. The minimum Gasteiger partial charge on any atom is -0.488 e. The molecular formula is C33H39ClN4O4. The molecule has 0 spiro atoms. The third-order valence-electron chi connectivity index (χ3n) is 9.44. The summed E-state index contributed by atoms with van der Waals surface area (Å²) in [7, 11) is 0. The lowest BCUT2D eigenvalue weighted by Gasteiger charge is -2.46. The number of nitrogens with zero attached hydrogens (tertiary/aromatic N) is 2. The van der Waals surface area contributed by atoms with Crippen LogP contribution in [0.4, 0.5) is 4.79 Å².